The average molecular weight is 318 g/mol. The Labute approximate surface area is 121 Å². The Bertz CT molecular complexity index is 676. The maximum absolute atomic E-state index is 13.8. The van der Waals surface area contributed by atoms with Crippen molar-refractivity contribution in [1.82, 2.24) is 0 Å². The van der Waals surface area contributed by atoms with Gasteiger partial charge in [0.15, 0.2) is 9.84 Å². The summed E-state index contributed by atoms with van der Waals surface area (Å²) in [4.78, 5) is 11.1. The predicted molar refractivity (Wildman–Crippen MR) is 74.8 cm³/mol. The van der Waals surface area contributed by atoms with Gasteiger partial charge in [-0.25, -0.2) is 17.2 Å². The Morgan fingerprint density at radius 1 is 1.29 bits per heavy atom. The van der Waals surface area contributed by atoms with Crippen molar-refractivity contribution in [3.8, 4) is 0 Å². The van der Waals surface area contributed by atoms with Gasteiger partial charge in [-0.05, 0) is 25.3 Å². The average Bonchev–Trinajstić information content (AvgIpc) is 2.80. The van der Waals surface area contributed by atoms with Crippen molar-refractivity contribution in [3.05, 3.63) is 29.3 Å². The highest BCUT2D eigenvalue weighted by molar-refractivity contribution is 7.91. The van der Waals surface area contributed by atoms with Gasteiger partial charge in [0.05, 0.1) is 16.5 Å². The van der Waals surface area contributed by atoms with E-state index in [1.165, 1.54) is 0 Å². The van der Waals surface area contributed by atoms with Crippen LogP contribution < -0.4 is 11.1 Å². The SMILES string of the molecule is CS(=O)(=O)C1CCCC1Nc1cc(C(N)=O)c(F)cc1F. The molecule has 0 saturated heterocycles. The molecule has 8 heteroatoms. The number of hydrogen-bond acceptors (Lipinski definition) is 4. The highest BCUT2D eigenvalue weighted by atomic mass is 32.2. The molecule has 3 N–H and O–H groups in total. The van der Waals surface area contributed by atoms with Crippen molar-refractivity contribution in [3.63, 3.8) is 0 Å². The first-order chi connectivity index (χ1) is 9.70. The van der Waals surface area contributed by atoms with Crippen molar-refractivity contribution in [2.24, 2.45) is 5.73 Å². The fourth-order valence-corrected chi connectivity index (χ4v) is 4.05. The Hall–Kier alpha value is -1.70. The Kier molecular flexibility index (Phi) is 4.18. The second-order valence-corrected chi connectivity index (χ2v) is 7.49. The normalized spacial score (nSPS) is 22.2. The minimum Gasteiger partial charge on any atom is -0.379 e. The fraction of sp³-hybridized carbons (Fsp3) is 0.462. The molecule has 1 amide bonds. The molecule has 1 aromatic rings. The van der Waals surface area contributed by atoms with Crippen LogP contribution in [-0.4, -0.2) is 31.9 Å². The van der Waals surface area contributed by atoms with Gasteiger partial charge in [-0.2, -0.15) is 0 Å². The maximum Gasteiger partial charge on any atom is 0.251 e. The van der Waals surface area contributed by atoms with E-state index in [-0.39, 0.29) is 5.69 Å². The van der Waals surface area contributed by atoms with E-state index in [1.807, 2.05) is 0 Å². The summed E-state index contributed by atoms with van der Waals surface area (Å²) in [5.41, 5.74) is 4.46. The van der Waals surface area contributed by atoms with Gasteiger partial charge in [0.1, 0.15) is 11.6 Å². The molecule has 2 unspecified atom stereocenters. The number of carbonyl (C=O) groups excluding carboxylic acids is 1. The van der Waals surface area contributed by atoms with E-state index in [0.29, 0.717) is 25.3 Å². The minimum atomic E-state index is -3.27. The van der Waals surface area contributed by atoms with E-state index in [4.69, 9.17) is 5.73 Å². The van der Waals surface area contributed by atoms with Crippen LogP contribution in [0.15, 0.2) is 12.1 Å². The van der Waals surface area contributed by atoms with Crippen LogP contribution in [0, 0.1) is 11.6 Å². The molecular weight excluding hydrogens is 302 g/mol. The third-order valence-corrected chi connectivity index (χ3v) is 5.33. The summed E-state index contributed by atoms with van der Waals surface area (Å²) in [5, 5.41) is 2.13. The summed E-state index contributed by atoms with van der Waals surface area (Å²) in [7, 11) is -3.27. The summed E-state index contributed by atoms with van der Waals surface area (Å²) in [6, 6.07) is 1.07. The molecule has 1 aliphatic rings. The molecule has 1 saturated carbocycles. The predicted octanol–water partition coefficient (Wildman–Crippen LogP) is 1.44. The van der Waals surface area contributed by atoms with E-state index >= 15 is 0 Å². The lowest BCUT2D eigenvalue weighted by molar-refractivity contribution is 0.0996. The lowest BCUT2D eigenvalue weighted by Gasteiger charge is -2.21. The van der Waals surface area contributed by atoms with Gasteiger partial charge in [0.2, 0.25) is 0 Å². The van der Waals surface area contributed by atoms with Gasteiger partial charge in [0, 0.05) is 18.4 Å². The zero-order chi connectivity index (χ0) is 15.8. The fourth-order valence-electron chi connectivity index (χ4n) is 2.65. The van der Waals surface area contributed by atoms with Crippen LogP contribution in [0.4, 0.5) is 14.5 Å². The topological polar surface area (TPSA) is 89.3 Å². The van der Waals surface area contributed by atoms with Crippen molar-refractivity contribution >= 4 is 21.4 Å². The van der Waals surface area contributed by atoms with Crippen LogP contribution in [0.1, 0.15) is 29.6 Å². The van der Waals surface area contributed by atoms with Gasteiger partial charge in [0.25, 0.3) is 5.91 Å². The number of carbonyl (C=O) groups is 1. The van der Waals surface area contributed by atoms with Crippen LogP contribution in [0.3, 0.4) is 0 Å². The van der Waals surface area contributed by atoms with Crippen LogP contribution in [0.25, 0.3) is 0 Å². The smallest absolute Gasteiger partial charge is 0.251 e. The maximum atomic E-state index is 13.8. The Morgan fingerprint density at radius 3 is 2.52 bits per heavy atom. The van der Waals surface area contributed by atoms with Crippen LogP contribution in [0.2, 0.25) is 0 Å². The number of nitrogens with one attached hydrogen (secondary N) is 1. The molecule has 2 rings (SSSR count). The molecule has 1 fully saturated rings. The Morgan fingerprint density at radius 2 is 1.95 bits per heavy atom. The molecule has 0 aliphatic heterocycles. The zero-order valence-corrected chi connectivity index (χ0v) is 12.2. The Balaban J connectivity index is 2.31. The summed E-state index contributed by atoms with van der Waals surface area (Å²) in [6.07, 6.45) is 2.87. The number of amides is 1. The number of anilines is 1. The minimum absolute atomic E-state index is 0.120. The number of nitrogens with two attached hydrogens (primary N) is 1. The van der Waals surface area contributed by atoms with Gasteiger partial charge in [-0.3, -0.25) is 4.79 Å². The van der Waals surface area contributed by atoms with E-state index in [9.17, 15) is 22.0 Å². The first-order valence-electron chi connectivity index (χ1n) is 6.44. The van der Waals surface area contributed by atoms with Crippen LogP contribution in [0.5, 0.6) is 0 Å². The zero-order valence-electron chi connectivity index (χ0n) is 11.4. The molecular formula is C13H16F2N2O3S. The summed E-state index contributed by atoms with van der Waals surface area (Å²) >= 11 is 0. The third kappa shape index (κ3) is 3.31. The molecule has 1 aromatic carbocycles. The molecule has 2 atom stereocenters. The number of rotatable bonds is 4. The quantitative estimate of drug-likeness (QED) is 0.879. The van der Waals surface area contributed by atoms with Gasteiger partial charge in [-0.15, -0.1) is 0 Å². The largest absolute Gasteiger partial charge is 0.379 e. The molecule has 0 radical (unpaired) electrons. The van der Waals surface area contributed by atoms with Gasteiger partial charge >= 0.3 is 0 Å². The summed E-state index contributed by atoms with van der Waals surface area (Å²) < 4.78 is 50.5. The summed E-state index contributed by atoms with van der Waals surface area (Å²) in [6.45, 7) is 0. The van der Waals surface area contributed by atoms with Crippen molar-refractivity contribution < 1.29 is 22.0 Å². The van der Waals surface area contributed by atoms with Gasteiger partial charge < -0.3 is 11.1 Å². The molecule has 116 valence electrons. The number of sulfone groups is 1. The van der Waals surface area contributed by atoms with E-state index < -0.39 is 44.2 Å². The summed E-state index contributed by atoms with van der Waals surface area (Å²) in [5.74, 6) is -2.95. The third-order valence-electron chi connectivity index (χ3n) is 3.67. The standard InChI is InChI=1S/C13H16F2N2O3S/c1-21(19,20)12-4-2-3-10(12)17-11-5-7(13(16)18)8(14)6-9(11)15/h5-6,10,12,17H,2-4H2,1H3,(H2,16,18). The first kappa shape index (κ1) is 15.7. The second kappa shape index (κ2) is 5.59. The lowest BCUT2D eigenvalue weighted by atomic mass is 10.1. The van der Waals surface area contributed by atoms with Crippen LogP contribution in [-0.2, 0) is 9.84 Å². The van der Waals surface area contributed by atoms with E-state index in [1.54, 1.807) is 0 Å². The monoisotopic (exact) mass is 318 g/mol. The van der Waals surface area contributed by atoms with E-state index in [2.05, 4.69) is 5.32 Å². The first-order valence-corrected chi connectivity index (χ1v) is 8.40. The van der Waals surface area contributed by atoms with Crippen LogP contribution >= 0.6 is 0 Å². The molecule has 1 aliphatic carbocycles. The highest BCUT2D eigenvalue weighted by Crippen LogP contribution is 2.29. The molecule has 5 nitrogen and oxygen atoms in total. The van der Waals surface area contributed by atoms with Crippen molar-refractivity contribution in [2.75, 3.05) is 11.6 Å². The molecule has 0 aromatic heterocycles. The van der Waals surface area contributed by atoms with Gasteiger partial charge in [-0.1, -0.05) is 0 Å². The molecule has 21 heavy (non-hydrogen) atoms. The number of hydrogen-bond donors (Lipinski definition) is 2. The highest BCUT2D eigenvalue weighted by Gasteiger charge is 2.35. The van der Waals surface area contributed by atoms with Crippen molar-refractivity contribution in [2.45, 2.75) is 30.6 Å². The van der Waals surface area contributed by atoms with E-state index in [0.717, 1.165) is 12.3 Å². The second-order valence-electron chi connectivity index (χ2n) is 5.23. The number of primary amides is 1. The molecule has 0 spiro atoms. The molecule has 0 heterocycles. The lowest BCUT2D eigenvalue weighted by Crippen LogP contribution is -2.34. The number of benzene rings is 1. The number of halogens is 2. The molecule has 0 bridgehead atoms. The van der Waals surface area contributed by atoms with Crippen molar-refractivity contribution in [1.29, 1.82) is 0 Å².